The smallest absolute Gasteiger partial charge is 0.239 e. The van der Waals surface area contributed by atoms with Gasteiger partial charge in [-0.05, 0) is 37.5 Å². The van der Waals surface area contributed by atoms with Crippen LogP contribution in [-0.2, 0) is 15.2 Å². The molecule has 22 heavy (non-hydrogen) atoms. The first kappa shape index (κ1) is 16.4. The van der Waals surface area contributed by atoms with Crippen LogP contribution in [-0.4, -0.2) is 41.5 Å². The predicted octanol–water partition coefficient (Wildman–Crippen LogP) is 1.16. The Bertz CT molecular complexity index is 543. The van der Waals surface area contributed by atoms with E-state index < -0.39 is 5.60 Å². The summed E-state index contributed by atoms with van der Waals surface area (Å²) in [7, 11) is 0. The molecule has 1 fully saturated rings. The number of aliphatic hydroxyl groups is 1. The predicted molar refractivity (Wildman–Crippen MR) is 79.4 cm³/mol. The first-order valence-corrected chi connectivity index (χ1v) is 7.41. The van der Waals surface area contributed by atoms with E-state index >= 15 is 0 Å². The summed E-state index contributed by atoms with van der Waals surface area (Å²) < 4.78 is 12.9. The zero-order valence-corrected chi connectivity index (χ0v) is 12.6. The largest absolute Gasteiger partial charge is 0.384 e. The number of carbonyl (C=O) groups excluding carboxylic acids is 2. The standard InChI is InChI=1S/C16H21FN2O3/c1-16(22,12-5-7-13(17)8-6-12)11-18-14(20)10-19-9-3-2-4-15(19)21/h5-8,22H,2-4,9-11H2,1H3,(H,18,20). The molecular weight excluding hydrogens is 287 g/mol. The lowest BCUT2D eigenvalue weighted by atomic mass is 9.96. The molecule has 0 radical (unpaired) electrons. The molecule has 1 aliphatic heterocycles. The van der Waals surface area contributed by atoms with Crippen LogP contribution >= 0.6 is 0 Å². The van der Waals surface area contributed by atoms with Gasteiger partial charge in [0, 0.05) is 13.0 Å². The molecule has 1 atom stereocenters. The van der Waals surface area contributed by atoms with E-state index in [4.69, 9.17) is 0 Å². The normalized spacial score (nSPS) is 18.0. The van der Waals surface area contributed by atoms with E-state index in [2.05, 4.69) is 5.32 Å². The highest BCUT2D eigenvalue weighted by Gasteiger charge is 2.25. The number of amides is 2. The van der Waals surface area contributed by atoms with Crippen LogP contribution in [0.15, 0.2) is 24.3 Å². The van der Waals surface area contributed by atoms with Gasteiger partial charge in [0.1, 0.15) is 11.4 Å². The van der Waals surface area contributed by atoms with Gasteiger partial charge < -0.3 is 15.3 Å². The summed E-state index contributed by atoms with van der Waals surface area (Å²) in [6.07, 6.45) is 2.27. The van der Waals surface area contributed by atoms with E-state index in [0.29, 0.717) is 18.5 Å². The highest BCUT2D eigenvalue weighted by Crippen LogP contribution is 2.19. The average Bonchev–Trinajstić information content (AvgIpc) is 2.48. The minimum absolute atomic E-state index is 0.000500. The summed E-state index contributed by atoms with van der Waals surface area (Å²) in [5.74, 6) is -0.698. The topological polar surface area (TPSA) is 69.6 Å². The summed E-state index contributed by atoms with van der Waals surface area (Å²) in [5, 5.41) is 13.0. The molecule has 2 N–H and O–H groups in total. The molecular formula is C16H21FN2O3. The molecule has 0 bridgehead atoms. The Morgan fingerprint density at radius 1 is 1.36 bits per heavy atom. The lowest BCUT2D eigenvalue weighted by Crippen LogP contribution is -2.46. The van der Waals surface area contributed by atoms with Crippen LogP contribution in [0.5, 0.6) is 0 Å². The van der Waals surface area contributed by atoms with E-state index in [1.54, 1.807) is 6.92 Å². The van der Waals surface area contributed by atoms with Gasteiger partial charge in [0.15, 0.2) is 0 Å². The third kappa shape index (κ3) is 4.27. The molecule has 1 saturated heterocycles. The van der Waals surface area contributed by atoms with E-state index in [-0.39, 0.29) is 30.7 Å². The van der Waals surface area contributed by atoms with Gasteiger partial charge in [-0.25, -0.2) is 4.39 Å². The number of nitrogens with one attached hydrogen (secondary N) is 1. The number of piperidine rings is 1. The van der Waals surface area contributed by atoms with Gasteiger partial charge in [-0.2, -0.15) is 0 Å². The van der Waals surface area contributed by atoms with Gasteiger partial charge >= 0.3 is 0 Å². The first-order chi connectivity index (χ1) is 10.4. The second-order valence-electron chi connectivity index (χ2n) is 5.83. The first-order valence-electron chi connectivity index (χ1n) is 7.41. The highest BCUT2D eigenvalue weighted by atomic mass is 19.1. The Kier molecular flexibility index (Phi) is 5.13. The van der Waals surface area contributed by atoms with Crippen LogP contribution in [0.3, 0.4) is 0 Å². The fourth-order valence-electron chi connectivity index (χ4n) is 2.44. The van der Waals surface area contributed by atoms with Crippen molar-refractivity contribution in [2.24, 2.45) is 0 Å². The summed E-state index contributed by atoms with van der Waals surface area (Å²) in [6, 6.07) is 5.49. The van der Waals surface area contributed by atoms with Gasteiger partial charge in [0.2, 0.25) is 11.8 Å². The van der Waals surface area contributed by atoms with Crippen molar-refractivity contribution in [3.63, 3.8) is 0 Å². The Labute approximate surface area is 129 Å². The second-order valence-corrected chi connectivity index (χ2v) is 5.83. The quantitative estimate of drug-likeness (QED) is 0.857. The van der Waals surface area contributed by atoms with Gasteiger partial charge in [-0.1, -0.05) is 12.1 Å². The molecule has 2 amide bonds. The minimum atomic E-state index is -1.30. The van der Waals surface area contributed by atoms with Crippen molar-refractivity contribution in [2.75, 3.05) is 19.6 Å². The molecule has 1 aliphatic rings. The average molecular weight is 308 g/mol. The van der Waals surface area contributed by atoms with Crippen LogP contribution in [0.1, 0.15) is 31.7 Å². The van der Waals surface area contributed by atoms with Gasteiger partial charge in [-0.15, -0.1) is 0 Å². The molecule has 0 aliphatic carbocycles. The maximum atomic E-state index is 12.9. The number of hydrogen-bond donors (Lipinski definition) is 2. The molecule has 0 aromatic heterocycles. The minimum Gasteiger partial charge on any atom is -0.384 e. The van der Waals surface area contributed by atoms with Crippen LogP contribution in [0, 0.1) is 5.82 Å². The lowest BCUT2D eigenvalue weighted by Gasteiger charge is -2.28. The number of hydrogen-bond acceptors (Lipinski definition) is 3. The molecule has 120 valence electrons. The van der Waals surface area contributed by atoms with Gasteiger partial charge in [0.25, 0.3) is 0 Å². The molecule has 1 aromatic rings. The number of rotatable bonds is 5. The van der Waals surface area contributed by atoms with Crippen LogP contribution in [0.25, 0.3) is 0 Å². The second kappa shape index (κ2) is 6.87. The van der Waals surface area contributed by atoms with E-state index in [0.717, 1.165) is 12.8 Å². The number of halogens is 1. The van der Waals surface area contributed by atoms with Crippen molar-refractivity contribution in [3.05, 3.63) is 35.6 Å². The van der Waals surface area contributed by atoms with Crippen molar-refractivity contribution < 1.29 is 19.1 Å². The Hall–Kier alpha value is -1.95. The molecule has 1 heterocycles. The van der Waals surface area contributed by atoms with Crippen LogP contribution in [0.2, 0.25) is 0 Å². The molecule has 1 unspecified atom stereocenters. The van der Waals surface area contributed by atoms with Crippen molar-refractivity contribution >= 4 is 11.8 Å². The molecule has 0 spiro atoms. The monoisotopic (exact) mass is 308 g/mol. The number of likely N-dealkylation sites (tertiary alicyclic amines) is 1. The highest BCUT2D eigenvalue weighted by molar-refractivity contribution is 5.85. The number of carbonyl (C=O) groups is 2. The molecule has 1 aromatic carbocycles. The van der Waals surface area contributed by atoms with E-state index in [1.165, 1.54) is 29.2 Å². The SMILES string of the molecule is CC(O)(CNC(=O)CN1CCCCC1=O)c1ccc(F)cc1. The van der Waals surface area contributed by atoms with Crippen LogP contribution < -0.4 is 5.32 Å². The molecule has 6 heteroatoms. The van der Waals surface area contributed by atoms with Gasteiger partial charge in [0.05, 0.1) is 13.1 Å². The van der Waals surface area contributed by atoms with E-state index in [9.17, 15) is 19.1 Å². The summed E-state index contributed by atoms with van der Waals surface area (Å²) in [5.41, 5.74) is -0.779. The van der Waals surface area contributed by atoms with Crippen molar-refractivity contribution in [2.45, 2.75) is 31.8 Å². The number of nitrogens with zero attached hydrogens (tertiary/aromatic N) is 1. The van der Waals surface area contributed by atoms with Gasteiger partial charge in [-0.3, -0.25) is 9.59 Å². The fourth-order valence-corrected chi connectivity index (χ4v) is 2.44. The zero-order valence-electron chi connectivity index (χ0n) is 12.6. The Balaban J connectivity index is 1.86. The third-order valence-corrected chi connectivity index (χ3v) is 3.85. The fraction of sp³-hybridized carbons (Fsp3) is 0.500. The maximum absolute atomic E-state index is 12.9. The van der Waals surface area contributed by atoms with Crippen molar-refractivity contribution in [1.29, 1.82) is 0 Å². The van der Waals surface area contributed by atoms with Crippen LogP contribution in [0.4, 0.5) is 4.39 Å². The summed E-state index contributed by atoms with van der Waals surface area (Å²) >= 11 is 0. The Morgan fingerprint density at radius 2 is 2.05 bits per heavy atom. The van der Waals surface area contributed by atoms with Crippen molar-refractivity contribution in [1.82, 2.24) is 10.2 Å². The third-order valence-electron chi connectivity index (χ3n) is 3.85. The molecule has 5 nitrogen and oxygen atoms in total. The number of benzene rings is 1. The van der Waals surface area contributed by atoms with Crippen molar-refractivity contribution in [3.8, 4) is 0 Å². The summed E-state index contributed by atoms with van der Waals surface area (Å²) in [6.45, 7) is 2.16. The van der Waals surface area contributed by atoms with E-state index in [1.807, 2.05) is 0 Å². The maximum Gasteiger partial charge on any atom is 0.239 e. The zero-order chi connectivity index (χ0) is 16.2. The summed E-state index contributed by atoms with van der Waals surface area (Å²) in [4.78, 5) is 25.1. The lowest BCUT2D eigenvalue weighted by molar-refractivity contribution is -0.138. The Morgan fingerprint density at radius 3 is 2.68 bits per heavy atom. The molecule has 2 rings (SSSR count). The molecule has 0 saturated carbocycles.